The van der Waals surface area contributed by atoms with E-state index < -0.39 is 0 Å². The minimum Gasteiger partial charge on any atom is -0.384 e. The van der Waals surface area contributed by atoms with Crippen molar-refractivity contribution >= 4 is 34.1 Å². The molecule has 6 nitrogen and oxygen atoms in total. The molecular weight excluding hydrogens is 472 g/mol. The van der Waals surface area contributed by atoms with Gasteiger partial charge in [-0.3, -0.25) is 9.59 Å². The van der Waals surface area contributed by atoms with E-state index in [0.29, 0.717) is 0 Å². The van der Waals surface area contributed by atoms with Crippen molar-refractivity contribution in [1.82, 2.24) is 9.88 Å². The Morgan fingerprint density at radius 2 is 1.74 bits per heavy atom. The Morgan fingerprint density at radius 1 is 1.03 bits per heavy atom. The molecule has 0 atom stereocenters. The third-order valence-electron chi connectivity index (χ3n) is 7.68. The first-order valence-corrected chi connectivity index (χ1v) is 14.1. The second-order valence-electron chi connectivity index (χ2n) is 10.8. The Balaban J connectivity index is 0.000000212. The fraction of sp³-hybridized carbons (Fsp3) is 0.500. The highest BCUT2D eigenvalue weighted by Crippen LogP contribution is 2.31. The number of aromatic amines is 1. The van der Waals surface area contributed by atoms with E-state index in [9.17, 15) is 9.59 Å². The van der Waals surface area contributed by atoms with E-state index in [4.69, 9.17) is 0 Å². The molecule has 1 aliphatic rings. The van der Waals surface area contributed by atoms with Gasteiger partial charge in [-0.1, -0.05) is 38.5 Å². The fourth-order valence-corrected chi connectivity index (χ4v) is 5.33. The third-order valence-corrected chi connectivity index (χ3v) is 7.68. The van der Waals surface area contributed by atoms with Crippen LogP contribution >= 0.6 is 0 Å². The zero-order chi connectivity index (χ0) is 27.7. The minimum absolute atomic E-state index is 0.145. The van der Waals surface area contributed by atoms with Crippen molar-refractivity contribution in [3.8, 4) is 0 Å². The Kier molecular flexibility index (Phi) is 11.0. The first kappa shape index (κ1) is 29.4. The number of para-hydroxylation sites is 1. The van der Waals surface area contributed by atoms with Gasteiger partial charge in [0.05, 0.1) is 0 Å². The van der Waals surface area contributed by atoms with Gasteiger partial charge in [0.2, 0.25) is 5.91 Å². The summed E-state index contributed by atoms with van der Waals surface area (Å²) < 4.78 is 0. The summed E-state index contributed by atoms with van der Waals surface area (Å²) in [6.07, 6.45) is 6.60. The van der Waals surface area contributed by atoms with Crippen LogP contribution in [0.25, 0.3) is 10.9 Å². The number of aromatic nitrogens is 1. The van der Waals surface area contributed by atoms with E-state index in [1.54, 1.807) is 6.92 Å². The van der Waals surface area contributed by atoms with Gasteiger partial charge in [0.15, 0.2) is 5.78 Å². The number of Topliss-reactive ketones (excluding diaryl/α,β-unsaturated/α-hetero) is 1. The number of carbonyl (C=O) groups is 2. The Hall–Kier alpha value is -3.12. The van der Waals surface area contributed by atoms with Crippen molar-refractivity contribution in [3.05, 3.63) is 59.2 Å². The molecule has 1 saturated carbocycles. The summed E-state index contributed by atoms with van der Waals surface area (Å²) >= 11 is 0. The quantitative estimate of drug-likeness (QED) is 0.265. The summed E-state index contributed by atoms with van der Waals surface area (Å²) in [5.74, 6) is 2.14. The van der Waals surface area contributed by atoms with Crippen molar-refractivity contribution in [2.75, 3.05) is 37.8 Å². The monoisotopic (exact) mass is 518 g/mol. The van der Waals surface area contributed by atoms with Gasteiger partial charge in [-0.05, 0) is 101 Å². The van der Waals surface area contributed by atoms with Crippen LogP contribution in [0.15, 0.2) is 42.5 Å². The molecule has 1 aliphatic carbocycles. The maximum atomic E-state index is 12.3. The molecule has 3 N–H and O–H groups in total. The van der Waals surface area contributed by atoms with E-state index in [0.717, 1.165) is 66.2 Å². The van der Waals surface area contributed by atoms with Crippen molar-refractivity contribution in [2.45, 2.75) is 66.2 Å². The smallest absolute Gasteiger partial charge is 0.228 e. The molecule has 1 heterocycles. The highest BCUT2D eigenvalue weighted by atomic mass is 16.2. The number of rotatable bonds is 9. The molecule has 0 spiro atoms. The van der Waals surface area contributed by atoms with Crippen LogP contribution in [0.4, 0.5) is 11.5 Å². The highest BCUT2D eigenvalue weighted by Gasteiger charge is 2.25. The van der Waals surface area contributed by atoms with Crippen LogP contribution in [-0.4, -0.2) is 48.8 Å². The maximum absolute atomic E-state index is 12.3. The zero-order valence-corrected chi connectivity index (χ0v) is 24.1. The SMILES string of the molecule is CCC1CCC(C(=O)Nc2cc3ccccc3[nH]2)CC1.CCc1c(C)cc(NCCN(C)C)cc1C(C)=O. The van der Waals surface area contributed by atoms with Gasteiger partial charge in [0.25, 0.3) is 0 Å². The summed E-state index contributed by atoms with van der Waals surface area (Å²) in [5, 5.41) is 7.55. The van der Waals surface area contributed by atoms with E-state index in [1.807, 2.05) is 50.5 Å². The van der Waals surface area contributed by atoms with Crippen LogP contribution in [-0.2, 0) is 11.2 Å². The lowest BCUT2D eigenvalue weighted by Gasteiger charge is -2.26. The lowest BCUT2D eigenvalue weighted by atomic mass is 9.80. The van der Waals surface area contributed by atoms with Crippen molar-refractivity contribution in [3.63, 3.8) is 0 Å². The van der Waals surface area contributed by atoms with Gasteiger partial charge in [0.1, 0.15) is 5.82 Å². The number of H-pyrrole nitrogens is 1. The molecule has 0 saturated heterocycles. The van der Waals surface area contributed by atoms with Gasteiger partial charge in [-0.2, -0.15) is 0 Å². The molecular formula is C32H46N4O2. The number of hydrogen-bond acceptors (Lipinski definition) is 4. The van der Waals surface area contributed by atoms with Gasteiger partial charge in [0, 0.05) is 41.2 Å². The van der Waals surface area contributed by atoms with Crippen LogP contribution in [0, 0.1) is 18.8 Å². The van der Waals surface area contributed by atoms with Crippen LogP contribution in [0.5, 0.6) is 0 Å². The van der Waals surface area contributed by atoms with Crippen molar-refractivity contribution < 1.29 is 9.59 Å². The zero-order valence-electron chi connectivity index (χ0n) is 24.1. The van der Waals surface area contributed by atoms with E-state index in [-0.39, 0.29) is 17.6 Å². The second-order valence-corrected chi connectivity index (χ2v) is 10.8. The molecule has 0 aliphatic heterocycles. The van der Waals surface area contributed by atoms with Gasteiger partial charge < -0.3 is 20.5 Å². The first-order chi connectivity index (χ1) is 18.2. The van der Waals surface area contributed by atoms with E-state index >= 15 is 0 Å². The molecule has 3 aromatic rings. The predicted molar refractivity (Wildman–Crippen MR) is 160 cm³/mol. The molecule has 1 fully saturated rings. The van der Waals surface area contributed by atoms with Crippen molar-refractivity contribution in [2.24, 2.45) is 11.8 Å². The molecule has 1 aromatic heterocycles. The average Bonchev–Trinajstić information content (AvgIpc) is 3.31. The summed E-state index contributed by atoms with van der Waals surface area (Å²) in [6, 6.07) is 14.2. The standard InChI is InChI=1S/C17H22N2O.C15H24N2O/c1-2-12-7-9-13(10-8-12)17(20)19-16-11-14-5-3-4-6-15(14)18-16;1-6-14-11(2)9-13(10-15(14)12(3)18)16-7-8-17(4)5/h3-6,11-13,18H,2,7-10H2,1H3,(H,19,20);9-10,16H,6-8H2,1-5H3. The van der Waals surface area contributed by atoms with Gasteiger partial charge in [-0.25, -0.2) is 0 Å². The third kappa shape index (κ3) is 8.19. The number of amides is 1. The number of nitrogens with zero attached hydrogens (tertiary/aromatic N) is 1. The Labute approximate surface area is 228 Å². The average molecular weight is 519 g/mol. The number of benzene rings is 2. The molecule has 6 heteroatoms. The molecule has 0 unspecified atom stereocenters. The molecule has 206 valence electrons. The maximum Gasteiger partial charge on any atom is 0.228 e. The number of nitrogens with one attached hydrogen (secondary N) is 3. The highest BCUT2D eigenvalue weighted by molar-refractivity contribution is 5.97. The summed E-state index contributed by atoms with van der Waals surface area (Å²) in [6.45, 7) is 9.91. The largest absolute Gasteiger partial charge is 0.384 e. The lowest BCUT2D eigenvalue weighted by Crippen LogP contribution is -2.27. The van der Waals surface area contributed by atoms with Crippen molar-refractivity contribution in [1.29, 1.82) is 0 Å². The number of hydrogen-bond donors (Lipinski definition) is 3. The molecule has 38 heavy (non-hydrogen) atoms. The number of fused-ring (bicyclic) bond motifs is 1. The lowest BCUT2D eigenvalue weighted by molar-refractivity contribution is -0.121. The number of aryl methyl sites for hydroxylation is 1. The fourth-order valence-electron chi connectivity index (χ4n) is 5.33. The van der Waals surface area contributed by atoms with Crippen LogP contribution in [0.2, 0.25) is 0 Å². The van der Waals surface area contributed by atoms with E-state index in [2.05, 4.69) is 47.4 Å². The molecule has 1 amide bonds. The number of anilines is 2. The topological polar surface area (TPSA) is 77.2 Å². The predicted octanol–water partition coefficient (Wildman–Crippen LogP) is 7.06. The minimum atomic E-state index is 0.145. The van der Waals surface area contributed by atoms with Gasteiger partial charge >= 0.3 is 0 Å². The Morgan fingerprint density at radius 3 is 2.34 bits per heavy atom. The van der Waals surface area contributed by atoms with Crippen LogP contribution in [0.1, 0.15) is 74.4 Å². The number of likely N-dealkylation sites (N-methyl/N-ethyl adjacent to an activating group) is 1. The number of ketones is 1. The molecule has 0 radical (unpaired) electrons. The molecule has 2 aromatic carbocycles. The van der Waals surface area contributed by atoms with Crippen LogP contribution < -0.4 is 10.6 Å². The Bertz CT molecular complexity index is 1170. The number of carbonyl (C=O) groups excluding carboxylic acids is 2. The molecule has 0 bridgehead atoms. The summed E-state index contributed by atoms with van der Waals surface area (Å²) in [5.41, 5.74) is 5.32. The van der Waals surface area contributed by atoms with E-state index in [1.165, 1.54) is 30.4 Å². The summed E-state index contributed by atoms with van der Waals surface area (Å²) in [7, 11) is 4.10. The first-order valence-electron chi connectivity index (χ1n) is 14.1. The van der Waals surface area contributed by atoms with Gasteiger partial charge in [-0.15, -0.1) is 0 Å². The van der Waals surface area contributed by atoms with Crippen LogP contribution in [0.3, 0.4) is 0 Å². The second kappa shape index (κ2) is 14.1. The normalized spacial score (nSPS) is 17.1. The molecule has 4 rings (SSSR count). The summed E-state index contributed by atoms with van der Waals surface area (Å²) in [4.78, 5) is 29.4.